The lowest BCUT2D eigenvalue weighted by atomic mass is 9.79. The SMILES string of the molecule is Fc1ccc([B-](F)(F)F)c(OCCc2ccccn2)c1. The van der Waals surface area contributed by atoms with Gasteiger partial charge in [-0.1, -0.05) is 17.6 Å². The minimum atomic E-state index is -5.23. The van der Waals surface area contributed by atoms with E-state index >= 15 is 0 Å². The molecular formula is C13H11BF4NO-. The van der Waals surface area contributed by atoms with Crippen LogP contribution >= 0.6 is 0 Å². The van der Waals surface area contributed by atoms with Crippen LogP contribution in [0.25, 0.3) is 0 Å². The average Bonchev–Trinajstić information content (AvgIpc) is 2.38. The molecule has 0 N–H and O–H groups in total. The molecule has 7 heteroatoms. The summed E-state index contributed by atoms with van der Waals surface area (Å²) in [5.74, 6) is -1.24. The summed E-state index contributed by atoms with van der Waals surface area (Å²) < 4.78 is 56.4. The molecule has 1 aromatic heterocycles. The molecule has 1 heterocycles. The van der Waals surface area contributed by atoms with E-state index in [0.717, 1.165) is 12.1 Å². The van der Waals surface area contributed by atoms with Crippen molar-refractivity contribution in [2.45, 2.75) is 6.42 Å². The zero-order valence-electron chi connectivity index (χ0n) is 10.4. The lowest BCUT2D eigenvalue weighted by Gasteiger charge is -2.19. The molecule has 2 aromatic rings. The van der Waals surface area contributed by atoms with Gasteiger partial charge in [0.2, 0.25) is 0 Å². The Balaban J connectivity index is 2.07. The van der Waals surface area contributed by atoms with Gasteiger partial charge in [0.05, 0.1) is 12.4 Å². The lowest BCUT2D eigenvalue weighted by Crippen LogP contribution is -2.35. The number of ether oxygens (including phenoxy) is 1. The van der Waals surface area contributed by atoms with Crippen molar-refractivity contribution in [3.63, 3.8) is 0 Å². The van der Waals surface area contributed by atoms with E-state index in [0.29, 0.717) is 18.2 Å². The van der Waals surface area contributed by atoms with Crippen LogP contribution in [0.3, 0.4) is 0 Å². The largest absolute Gasteiger partial charge is 0.513 e. The first-order valence-corrected chi connectivity index (χ1v) is 5.99. The Labute approximate surface area is 113 Å². The Morgan fingerprint density at radius 1 is 1.10 bits per heavy atom. The molecule has 0 atom stereocenters. The van der Waals surface area contributed by atoms with Gasteiger partial charge in [-0.2, -0.15) is 0 Å². The van der Waals surface area contributed by atoms with Gasteiger partial charge in [-0.15, -0.1) is 0 Å². The minimum Gasteiger partial charge on any atom is -0.496 e. The van der Waals surface area contributed by atoms with Gasteiger partial charge in [0.25, 0.3) is 0 Å². The van der Waals surface area contributed by atoms with Crippen molar-refractivity contribution in [2.75, 3.05) is 6.61 Å². The van der Waals surface area contributed by atoms with Gasteiger partial charge < -0.3 is 17.7 Å². The summed E-state index contributed by atoms with van der Waals surface area (Å²) in [4.78, 5) is 4.03. The summed E-state index contributed by atoms with van der Waals surface area (Å²) in [5, 5.41) is 0. The zero-order valence-corrected chi connectivity index (χ0v) is 10.4. The van der Waals surface area contributed by atoms with Gasteiger partial charge in [0, 0.05) is 24.4 Å². The molecule has 2 nitrogen and oxygen atoms in total. The van der Waals surface area contributed by atoms with E-state index in [-0.39, 0.29) is 6.61 Å². The van der Waals surface area contributed by atoms with Gasteiger partial charge in [-0.25, -0.2) is 4.39 Å². The second kappa shape index (κ2) is 5.94. The average molecular weight is 284 g/mol. The Hall–Kier alpha value is -2.05. The van der Waals surface area contributed by atoms with Crippen LogP contribution in [0, 0.1) is 5.82 Å². The summed E-state index contributed by atoms with van der Waals surface area (Å²) in [6.45, 7) is -5.23. The van der Waals surface area contributed by atoms with Crippen LogP contribution in [0.1, 0.15) is 5.69 Å². The van der Waals surface area contributed by atoms with Gasteiger partial charge in [-0.05, 0) is 18.2 Å². The summed E-state index contributed by atoms with van der Waals surface area (Å²) >= 11 is 0. The van der Waals surface area contributed by atoms with Crippen molar-refractivity contribution in [3.8, 4) is 5.75 Å². The van der Waals surface area contributed by atoms with E-state index in [1.807, 2.05) is 0 Å². The number of rotatable bonds is 5. The van der Waals surface area contributed by atoms with Crippen LogP contribution < -0.4 is 10.2 Å². The molecule has 1 aromatic carbocycles. The van der Waals surface area contributed by atoms with E-state index in [1.165, 1.54) is 0 Å². The zero-order chi connectivity index (χ0) is 14.6. The van der Waals surface area contributed by atoms with Gasteiger partial charge in [0.1, 0.15) is 5.82 Å². The van der Waals surface area contributed by atoms with E-state index in [9.17, 15) is 17.3 Å². The summed E-state index contributed by atoms with van der Waals surface area (Å²) in [7, 11) is 0. The van der Waals surface area contributed by atoms with E-state index in [2.05, 4.69) is 4.98 Å². The molecule has 0 fully saturated rings. The molecule has 0 radical (unpaired) electrons. The highest BCUT2D eigenvalue weighted by Crippen LogP contribution is 2.19. The first-order valence-electron chi connectivity index (χ1n) is 5.99. The van der Waals surface area contributed by atoms with E-state index in [1.54, 1.807) is 24.4 Å². The number of hydrogen-bond acceptors (Lipinski definition) is 2. The highest BCUT2D eigenvalue weighted by atomic mass is 19.4. The first kappa shape index (κ1) is 14.4. The molecule has 0 aliphatic heterocycles. The van der Waals surface area contributed by atoms with Crippen LogP contribution in [0.2, 0.25) is 0 Å². The second-order valence-corrected chi connectivity index (χ2v) is 4.18. The van der Waals surface area contributed by atoms with Crippen LogP contribution in [-0.4, -0.2) is 18.6 Å². The molecular weight excluding hydrogens is 273 g/mol. The van der Waals surface area contributed by atoms with Gasteiger partial charge in [-0.3, -0.25) is 4.98 Å². The fourth-order valence-corrected chi connectivity index (χ4v) is 1.72. The Morgan fingerprint density at radius 3 is 2.55 bits per heavy atom. The monoisotopic (exact) mass is 284 g/mol. The Bertz CT molecular complexity index is 574. The standard InChI is InChI=1S/C13H11BF4NO/c15-10-4-5-12(14(16,17)18)13(9-10)20-8-6-11-3-1-2-7-19-11/h1-5,7,9H,6,8H2/q-1. The van der Waals surface area contributed by atoms with Crippen molar-refractivity contribution in [1.82, 2.24) is 4.98 Å². The molecule has 0 bridgehead atoms. The molecule has 20 heavy (non-hydrogen) atoms. The maximum absolute atomic E-state index is 13.0. The molecule has 0 aliphatic rings. The Kier molecular flexibility index (Phi) is 4.27. The normalized spacial score (nSPS) is 11.4. The van der Waals surface area contributed by atoms with Crippen molar-refractivity contribution in [1.29, 1.82) is 0 Å². The highest BCUT2D eigenvalue weighted by molar-refractivity contribution is 6.74. The summed E-state index contributed by atoms with van der Waals surface area (Å²) in [6.07, 6.45) is 1.93. The van der Waals surface area contributed by atoms with Gasteiger partial charge in [0.15, 0.2) is 0 Å². The number of aromatic nitrogens is 1. The van der Waals surface area contributed by atoms with Crippen LogP contribution in [0.4, 0.5) is 17.3 Å². The number of halogens is 4. The fourth-order valence-electron chi connectivity index (χ4n) is 1.72. The van der Waals surface area contributed by atoms with Gasteiger partial charge >= 0.3 is 6.98 Å². The highest BCUT2D eigenvalue weighted by Gasteiger charge is 2.29. The molecule has 0 aliphatic carbocycles. The fraction of sp³-hybridized carbons (Fsp3) is 0.154. The Morgan fingerprint density at radius 2 is 1.90 bits per heavy atom. The molecule has 0 unspecified atom stereocenters. The molecule has 106 valence electrons. The van der Waals surface area contributed by atoms with Crippen molar-refractivity contribution in [3.05, 3.63) is 54.1 Å². The van der Waals surface area contributed by atoms with Crippen LogP contribution in [-0.2, 0) is 6.42 Å². The number of nitrogens with zero attached hydrogens (tertiary/aromatic N) is 1. The quantitative estimate of drug-likeness (QED) is 0.622. The molecule has 0 saturated carbocycles. The number of hydrogen-bond donors (Lipinski definition) is 0. The van der Waals surface area contributed by atoms with Crippen LogP contribution in [0.15, 0.2) is 42.6 Å². The molecule has 0 spiro atoms. The predicted molar refractivity (Wildman–Crippen MR) is 68.5 cm³/mol. The van der Waals surface area contributed by atoms with Crippen molar-refractivity contribution >= 4 is 12.4 Å². The van der Waals surface area contributed by atoms with Crippen molar-refractivity contribution < 1.29 is 22.1 Å². The predicted octanol–water partition coefficient (Wildman–Crippen LogP) is 2.90. The maximum atomic E-state index is 13.0. The summed E-state index contributed by atoms with van der Waals surface area (Å²) in [6, 6.07) is 7.48. The third-order valence-electron chi connectivity index (χ3n) is 2.67. The first-order chi connectivity index (χ1) is 9.47. The molecule has 2 rings (SSSR count). The van der Waals surface area contributed by atoms with Crippen LogP contribution in [0.5, 0.6) is 5.75 Å². The second-order valence-electron chi connectivity index (χ2n) is 4.18. The third kappa shape index (κ3) is 3.72. The van der Waals surface area contributed by atoms with Crippen molar-refractivity contribution in [2.24, 2.45) is 0 Å². The lowest BCUT2D eigenvalue weighted by molar-refractivity contribution is 0.319. The number of pyridine rings is 1. The minimum absolute atomic E-state index is 0.000370. The van der Waals surface area contributed by atoms with E-state index in [4.69, 9.17) is 4.74 Å². The van der Waals surface area contributed by atoms with E-state index < -0.39 is 24.0 Å². The summed E-state index contributed by atoms with van der Waals surface area (Å²) in [5.41, 5.74) is -0.226. The molecule has 0 saturated heterocycles. The smallest absolute Gasteiger partial charge is 0.496 e. The maximum Gasteiger partial charge on any atom is 0.513 e. The number of benzene rings is 1. The molecule has 0 amide bonds. The topological polar surface area (TPSA) is 22.1 Å². The third-order valence-corrected chi connectivity index (χ3v) is 2.67.